The van der Waals surface area contributed by atoms with Crippen LogP contribution in [0, 0.1) is 10.1 Å². The van der Waals surface area contributed by atoms with E-state index in [2.05, 4.69) is 10.2 Å². The summed E-state index contributed by atoms with van der Waals surface area (Å²) >= 11 is 0. The second-order valence-corrected chi connectivity index (χ2v) is 7.25. The molecule has 2 fully saturated rings. The lowest BCUT2D eigenvalue weighted by Gasteiger charge is -2.48. The topological polar surface area (TPSA) is 84.7 Å². The number of nitro benzene ring substituents is 1. The van der Waals surface area contributed by atoms with E-state index < -0.39 is 4.92 Å². The fourth-order valence-corrected chi connectivity index (χ4v) is 4.12. The van der Waals surface area contributed by atoms with Crippen molar-refractivity contribution in [2.24, 2.45) is 0 Å². The molecule has 0 atom stereocenters. The number of rotatable bonds is 6. The fraction of sp³-hybridized carbons (Fsp3) is 0.550. The zero-order valence-electron chi connectivity index (χ0n) is 15.6. The molecule has 7 nitrogen and oxygen atoms in total. The monoisotopic (exact) mass is 373 g/mol. The van der Waals surface area contributed by atoms with Crippen LogP contribution in [-0.4, -0.2) is 54.1 Å². The molecular weight excluding hydrogens is 346 g/mol. The largest absolute Gasteiger partial charge is 0.379 e. The van der Waals surface area contributed by atoms with Crippen molar-refractivity contribution in [2.75, 3.05) is 32.8 Å². The number of nitrogens with one attached hydrogen (secondary N) is 1. The standard InChI is InChI=1S/C20H27N3O4/c24-19(9-8-17-6-2-3-7-18(17)23(25)26)21-16-20(10-4-1-5-11-20)22-12-14-27-15-13-22/h2-3,6-9H,1,4-5,10-16H2,(H,21,24)/b9-8+. The molecule has 1 aliphatic heterocycles. The van der Waals surface area contributed by atoms with Gasteiger partial charge in [0.2, 0.25) is 5.91 Å². The van der Waals surface area contributed by atoms with Crippen molar-refractivity contribution in [1.29, 1.82) is 0 Å². The van der Waals surface area contributed by atoms with Gasteiger partial charge in [0.1, 0.15) is 0 Å². The highest BCUT2D eigenvalue weighted by Gasteiger charge is 2.38. The van der Waals surface area contributed by atoms with Crippen LogP contribution in [-0.2, 0) is 9.53 Å². The van der Waals surface area contributed by atoms with E-state index in [9.17, 15) is 14.9 Å². The SMILES string of the molecule is O=C(/C=C/c1ccccc1[N+](=O)[O-])NCC1(N2CCOCC2)CCCCC1. The summed E-state index contributed by atoms with van der Waals surface area (Å²) in [5.41, 5.74) is 0.432. The molecule has 146 valence electrons. The molecule has 1 heterocycles. The first kappa shape index (κ1) is 19.5. The van der Waals surface area contributed by atoms with E-state index in [1.807, 2.05) is 0 Å². The molecule has 3 rings (SSSR count). The maximum Gasteiger partial charge on any atom is 0.276 e. The van der Waals surface area contributed by atoms with Crippen molar-refractivity contribution in [2.45, 2.75) is 37.6 Å². The zero-order chi connectivity index (χ0) is 19.1. The van der Waals surface area contributed by atoms with E-state index >= 15 is 0 Å². The summed E-state index contributed by atoms with van der Waals surface area (Å²) in [7, 11) is 0. The molecule has 1 aliphatic carbocycles. The fourth-order valence-electron chi connectivity index (χ4n) is 4.12. The highest BCUT2D eigenvalue weighted by molar-refractivity contribution is 5.92. The van der Waals surface area contributed by atoms with Crippen LogP contribution >= 0.6 is 0 Å². The molecular formula is C20H27N3O4. The van der Waals surface area contributed by atoms with Crippen molar-refractivity contribution in [3.05, 3.63) is 46.0 Å². The Hall–Kier alpha value is -2.25. The number of carbonyl (C=O) groups excluding carboxylic acids is 1. The third-order valence-electron chi connectivity index (χ3n) is 5.61. The van der Waals surface area contributed by atoms with Gasteiger partial charge in [0.05, 0.1) is 23.7 Å². The van der Waals surface area contributed by atoms with Crippen molar-refractivity contribution in [1.82, 2.24) is 10.2 Å². The first-order valence-electron chi connectivity index (χ1n) is 9.63. The average Bonchev–Trinajstić information content (AvgIpc) is 2.72. The van der Waals surface area contributed by atoms with Crippen LogP contribution in [0.3, 0.4) is 0 Å². The summed E-state index contributed by atoms with van der Waals surface area (Å²) in [6.45, 7) is 3.90. The molecule has 0 spiro atoms. The molecule has 1 aromatic carbocycles. The average molecular weight is 373 g/mol. The molecule has 7 heteroatoms. The highest BCUT2D eigenvalue weighted by atomic mass is 16.6. The van der Waals surface area contributed by atoms with Gasteiger partial charge in [0.25, 0.3) is 5.69 Å². The van der Waals surface area contributed by atoms with Crippen LogP contribution in [0.15, 0.2) is 30.3 Å². The number of nitrogens with zero attached hydrogens (tertiary/aromatic N) is 2. The Morgan fingerprint density at radius 1 is 1.22 bits per heavy atom. The minimum atomic E-state index is -0.437. The number of hydrogen-bond donors (Lipinski definition) is 1. The van der Waals surface area contributed by atoms with Gasteiger partial charge in [-0.2, -0.15) is 0 Å². The number of ether oxygens (including phenoxy) is 1. The zero-order valence-corrected chi connectivity index (χ0v) is 15.6. The van der Waals surface area contributed by atoms with Crippen LogP contribution in [0.5, 0.6) is 0 Å². The number of morpholine rings is 1. The molecule has 0 bridgehead atoms. The molecule has 1 amide bonds. The molecule has 0 unspecified atom stereocenters. The lowest BCUT2D eigenvalue weighted by molar-refractivity contribution is -0.385. The Kier molecular flexibility index (Phi) is 6.58. The van der Waals surface area contributed by atoms with E-state index in [1.165, 1.54) is 37.5 Å². The van der Waals surface area contributed by atoms with Gasteiger partial charge in [-0.15, -0.1) is 0 Å². The van der Waals surface area contributed by atoms with Gasteiger partial charge < -0.3 is 10.1 Å². The Balaban J connectivity index is 1.63. The number of carbonyl (C=O) groups is 1. The van der Waals surface area contributed by atoms with Gasteiger partial charge in [-0.1, -0.05) is 31.4 Å². The molecule has 1 saturated carbocycles. The van der Waals surface area contributed by atoms with E-state index in [4.69, 9.17) is 4.74 Å². The van der Waals surface area contributed by atoms with Gasteiger partial charge in [-0.25, -0.2) is 0 Å². The van der Waals surface area contributed by atoms with E-state index in [0.717, 1.165) is 39.1 Å². The molecule has 1 aromatic rings. The number of benzene rings is 1. The number of amides is 1. The summed E-state index contributed by atoms with van der Waals surface area (Å²) in [4.78, 5) is 25.5. The van der Waals surface area contributed by atoms with Crippen molar-refractivity contribution >= 4 is 17.7 Å². The molecule has 0 aromatic heterocycles. The minimum absolute atomic E-state index is 0.00128. The van der Waals surface area contributed by atoms with Gasteiger partial charge in [-0.3, -0.25) is 19.8 Å². The minimum Gasteiger partial charge on any atom is -0.379 e. The number of nitro groups is 1. The Bertz CT molecular complexity index is 692. The summed E-state index contributed by atoms with van der Waals surface area (Å²) in [5.74, 6) is -0.216. The highest BCUT2D eigenvalue weighted by Crippen LogP contribution is 2.33. The number of para-hydroxylation sites is 1. The molecule has 0 radical (unpaired) electrons. The second kappa shape index (κ2) is 9.10. The quantitative estimate of drug-likeness (QED) is 0.471. The van der Waals surface area contributed by atoms with E-state index in [1.54, 1.807) is 18.2 Å². The Morgan fingerprint density at radius 3 is 2.63 bits per heavy atom. The van der Waals surface area contributed by atoms with Crippen LogP contribution in [0.4, 0.5) is 5.69 Å². The summed E-state index contributed by atoms with van der Waals surface area (Å²) in [5, 5.41) is 14.1. The normalized spacial score (nSPS) is 20.4. The van der Waals surface area contributed by atoms with E-state index in [-0.39, 0.29) is 17.1 Å². The maximum absolute atomic E-state index is 12.4. The van der Waals surface area contributed by atoms with Crippen LogP contribution < -0.4 is 5.32 Å². The van der Waals surface area contributed by atoms with E-state index in [0.29, 0.717) is 12.1 Å². The molecule has 1 saturated heterocycles. The smallest absolute Gasteiger partial charge is 0.276 e. The summed E-state index contributed by atoms with van der Waals surface area (Å²) < 4.78 is 5.48. The molecule has 27 heavy (non-hydrogen) atoms. The lowest BCUT2D eigenvalue weighted by atomic mass is 9.79. The summed E-state index contributed by atoms with van der Waals surface area (Å²) in [6.07, 6.45) is 8.67. The number of hydrogen-bond acceptors (Lipinski definition) is 5. The van der Waals surface area contributed by atoms with Gasteiger partial charge >= 0.3 is 0 Å². The van der Waals surface area contributed by atoms with Crippen molar-refractivity contribution in [3.8, 4) is 0 Å². The van der Waals surface area contributed by atoms with Gasteiger partial charge in [0.15, 0.2) is 0 Å². The van der Waals surface area contributed by atoms with Crippen LogP contribution in [0.2, 0.25) is 0 Å². The Labute approximate surface area is 159 Å². The van der Waals surface area contributed by atoms with Gasteiger partial charge in [0, 0.05) is 37.3 Å². The molecule has 1 N–H and O–H groups in total. The molecule has 2 aliphatic rings. The first-order valence-corrected chi connectivity index (χ1v) is 9.63. The Morgan fingerprint density at radius 2 is 1.93 bits per heavy atom. The predicted molar refractivity (Wildman–Crippen MR) is 103 cm³/mol. The lowest BCUT2D eigenvalue weighted by Crippen LogP contribution is -2.59. The van der Waals surface area contributed by atoms with Crippen LogP contribution in [0.25, 0.3) is 6.08 Å². The van der Waals surface area contributed by atoms with Gasteiger partial charge in [-0.05, 0) is 25.0 Å². The maximum atomic E-state index is 12.4. The van der Waals surface area contributed by atoms with Crippen molar-refractivity contribution < 1.29 is 14.5 Å². The summed E-state index contributed by atoms with van der Waals surface area (Å²) in [6, 6.07) is 6.41. The predicted octanol–water partition coefficient (Wildman–Crippen LogP) is 2.76. The van der Waals surface area contributed by atoms with Crippen LogP contribution in [0.1, 0.15) is 37.7 Å². The third kappa shape index (κ3) is 4.93. The third-order valence-corrected chi connectivity index (χ3v) is 5.61. The first-order chi connectivity index (χ1) is 13.1. The second-order valence-electron chi connectivity index (χ2n) is 7.25. The van der Waals surface area contributed by atoms with Crippen molar-refractivity contribution in [3.63, 3.8) is 0 Å².